The van der Waals surface area contributed by atoms with Gasteiger partial charge in [0.1, 0.15) is 0 Å². The van der Waals surface area contributed by atoms with Gasteiger partial charge in [-0.2, -0.15) is 0 Å². The van der Waals surface area contributed by atoms with E-state index in [1.165, 1.54) is 16.2 Å². The van der Waals surface area contributed by atoms with Crippen molar-refractivity contribution in [3.05, 3.63) is 20.8 Å². The number of thiophene rings is 1. The number of carbonyl (C=O) groups is 2. The van der Waals surface area contributed by atoms with Gasteiger partial charge in [-0.15, -0.1) is 11.3 Å². The first kappa shape index (κ1) is 15.1. The van der Waals surface area contributed by atoms with Gasteiger partial charge in [0, 0.05) is 21.8 Å². The Bertz CT molecular complexity index is 475. The van der Waals surface area contributed by atoms with E-state index < -0.39 is 11.8 Å². The summed E-state index contributed by atoms with van der Waals surface area (Å²) in [5.41, 5.74) is 5.23. The van der Waals surface area contributed by atoms with Crippen molar-refractivity contribution in [3.8, 4) is 0 Å². The van der Waals surface area contributed by atoms with Crippen LogP contribution in [0.1, 0.15) is 4.88 Å². The molecule has 5 nitrogen and oxygen atoms in total. The monoisotopic (exact) mass is 349 g/mol. The van der Waals surface area contributed by atoms with E-state index in [0.717, 1.165) is 9.35 Å². The minimum Gasteiger partial charge on any atom is -0.392 e. The van der Waals surface area contributed by atoms with Crippen LogP contribution < -0.4 is 11.1 Å². The molecule has 2 amide bonds. The summed E-state index contributed by atoms with van der Waals surface area (Å²) >= 11 is 9.45. The van der Waals surface area contributed by atoms with Crippen molar-refractivity contribution in [2.75, 3.05) is 13.6 Å². The molecule has 0 fully saturated rings. The average molecular weight is 350 g/mol. The Labute approximate surface area is 122 Å². The molecule has 1 aromatic heterocycles. The first-order chi connectivity index (χ1) is 8.40. The van der Waals surface area contributed by atoms with E-state index in [1.54, 1.807) is 7.05 Å². The van der Waals surface area contributed by atoms with Gasteiger partial charge in [-0.25, -0.2) is 0 Å². The summed E-state index contributed by atoms with van der Waals surface area (Å²) in [4.78, 5) is 25.6. The lowest BCUT2D eigenvalue weighted by Gasteiger charge is -2.15. The molecule has 0 saturated heterocycles. The summed E-state index contributed by atoms with van der Waals surface area (Å²) in [6.07, 6.45) is 0. The number of hydrogen-bond acceptors (Lipinski definition) is 4. The number of hydrogen-bond donors (Lipinski definition) is 2. The van der Waals surface area contributed by atoms with Gasteiger partial charge >= 0.3 is 11.8 Å². The molecule has 1 aromatic rings. The lowest BCUT2D eigenvalue weighted by atomic mass is 10.4. The minimum absolute atomic E-state index is 0.0261. The standard InChI is InChI=1S/C10H12BrN3O2S2/c1-14(4-7-2-6(11)5-18-7)10(16)9(15)13-3-8(12)17/h2,5H,3-4H2,1H3,(H2,12,17)(H,13,15). The van der Waals surface area contributed by atoms with Crippen LogP contribution in [0, 0.1) is 0 Å². The van der Waals surface area contributed by atoms with Crippen molar-refractivity contribution in [3.63, 3.8) is 0 Å². The Balaban J connectivity index is 2.50. The number of thiocarbonyl (C=S) groups is 1. The molecule has 0 radical (unpaired) electrons. The highest BCUT2D eigenvalue weighted by molar-refractivity contribution is 9.10. The van der Waals surface area contributed by atoms with Crippen LogP contribution in [0.25, 0.3) is 0 Å². The molecule has 8 heteroatoms. The molecule has 0 aliphatic carbocycles. The molecule has 98 valence electrons. The zero-order valence-electron chi connectivity index (χ0n) is 9.60. The van der Waals surface area contributed by atoms with Crippen molar-refractivity contribution in [2.24, 2.45) is 5.73 Å². The molecule has 0 aliphatic heterocycles. The van der Waals surface area contributed by atoms with Crippen molar-refractivity contribution >= 4 is 56.3 Å². The fourth-order valence-corrected chi connectivity index (χ4v) is 2.73. The molecule has 3 N–H and O–H groups in total. The number of amides is 2. The topological polar surface area (TPSA) is 75.4 Å². The maximum absolute atomic E-state index is 11.7. The zero-order chi connectivity index (χ0) is 13.7. The lowest BCUT2D eigenvalue weighted by Crippen LogP contribution is -2.43. The third kappa shape index (κ3) is 4.71. The maximum Gasteiger partial charge on any atom is 0.311 e. The molecular weight excluding hydrogens is 338 g/mol. The third-order valence-corrected chi connectivity index (χ3v) is 3.81. The van der Waals surface area contributed by atoms with Crippen molar-refractivity contribution in [1.82, 2.24) is 10.2 Å². The van der Waals surface area contributed by atoms with Crippen LogP contribution in [0.5, 0.6) is 0 Å². The van der Waals surface area contributed by atoms with Gasteiger partial charge in [-0.3, -0.25) is 9.59 Å². The molecule has 0 saturated carbocycles. The molecule has 1 rings (SSSR count). The van der Waals surface area contributed by atoms with Crippen molar-refractivity contribution < 1.29 is 9.59 Å². The van der Waals surface area contributed by atoms with E-state index in [-0.39, 0.29) is 11.5 Å². The first-order valence-electron chi connectivity index (χ1n) is 4.94. The van der Waals surface area contributed by atoms with Crippen LogP contribution in [0.3, 0.4) is 0 Å². The summed E-state index contributed by atoms with van der Waals surface area (Å²) in [6.45, 7) is 0.411. The van der Waals surface area contributed by atoms with Gasteiger partial charge in [-0.05, 0) is 22.0 Å². The van der Waals surface area contributed by atoms with Crippen molar-refractivity contribution in [1.29, 1.82) is 0 Å². The smallest absolute Gasteiger partial charge is 0.311 e. The van der Waals surface area contributed by atoms with Crippen LogP contribution in [-0.2, 0) is 16.1 Å². The van der Waals surface area contributed by atoms with Gasteiger partial charge < -0.3 is 16.0 Å². The third-order valence-electron chi connectivity index (χ3n) is 1.98. The number of rotatable bonds is 4. The van der Waals surface area contributed by atoms with Crippen LogP contribution >= 0.6 is 39.5 Å². The fourth-order valence-electron chi connectivity index (χ4n) is 1.16. The molecule has 18 heavy (non-hydrogen) atoms. The van der Waals surface area contributed by atoms with E-state index in [1.807, 2.05) is 11.4 Å². The van der Waals surface area contributed by atoms with E-state index >= 15 is 0 Å². The van der Waals surface area contributed by atoms with E-state index in [4.69, 9.17) is 5.73 Å². The predicted octanol–water partition coefficient (Wildman–Crippen LogP) is 0.871. The second-order valence-electron chi connectivity index (χ2n) is 3.54. The van der Waals surface area contributed by atoms with Gasteiger partial charge in [0.05, 0.1) is 18.1 Å². The Morgan fingerprint density at radius 1 is 1.61 bits per heavy atom. The van der Waals surface area contributed by atoms with Crippen molar-refractivity contribution in [2.45, 2.75) is 6.54 Å². The summed E-state index contributed by atoms with van der Waals surface area (Å²) in [7, 11) is 1.57. The number of nitrogens with two attached hydrogens (primary N) is 1. The first-order valence-corrected chi connectivity index (χ1v) is 7.02. The molecule has 1 heterocycles. The Hall–Kier alpha value is -0.990. The number of nitrogens with one attached hydrogen (secondary N) is 1. The number of halogens is 1. The molecule has 0 atom stereocenters. The Morgan fingerprint density at radius 2 is 2.28 bits per heavy atom. The highest BCUT2D eigenvalue weighted by Crippen LogP contribution is 2.20. The SMILES string of the molecule is CN(Cc1cc(Br)cs1)C(=O)C(=O)NCC(N)=S. The molecule has 0 aliphatic rings. The van der Waals surface area contributed by atoms with E-state index in [0.29, 0.717) is 6.54 Å². The Morgan fingerprint density at radius 3 is 2.78 bits per heavy atom. The average Bonchev–Trinajstić information content (AvgIpc) is 2.70. The van der Waals surface area contributed by atoms with Gasteiger partial charge in [-0.1, -0.05) is 12.2 Å². The summed E-state index contributed by atoms with van der Waals surface area (Å²) < 4.78 is 0.960. The van der Waals surface area contributed by atoms with Gasteiger partial charge in [0.25, 0.3) is 0 Å². The van der Waals surface area contributed by atoms with Crippen LogP contribution in [-0.4, -0.2) is 35.3 Å². The van der Waals surface area contributed by atoms with E-state index in [9.17, 15) is 9.59 Å². The molecule has 0 bridgehead atoms. The van der Waals surface area contributed by atoms with Gasteiger partial charge in [0.15, 0.2) is 0 Å². The molecular formula is C10H12BrN3O2S2. The number of nitrogens with zero attached hydrogens (tertiary/aromatic N) is 1. The largest absolute Gasteiger partial charge is 0.392 e. The fraction of sp³-hybridized carbons (Fsp3) is 0.300. The second kappa shape index (κ2) is 6.81. The van der Waals surface area contributed by atoms with Crippen LogP contribution in [0.4, 0.5) is 0 Å². The minimum atomic E-state index is -0.707. The lowest BCUT2D eigenvalue weighted by molar-refractivity contribution is -0.145. The quantitative estimate of drug-likeness (QED) is 0.624. The molecule has 0 aromatic carbocycles. The predicted molar refractivity (Wildman–Crippen MR) is 78.3 cm³/mol. The normalized spacial score (nSPS) is 9.89. The zero-order valence-corrected chi connectivity index (χ0v) is 12.8. The highest BCUT2D eigenvalue weighted by atomic mass is 79.9. The second-order valence-corrected chi connectivity index (χ2v) is 5.98. The summed E-state index contributed by atoms with van der Waals surface area (Å²) in [6, 6.07) is 1.90. The maximum atomic E-state index is 11.7. The number of likely N-dealkylation sites (N-methyl/N-ethyl adjacent to an activating group) is 1. The van der Waals surface area contributed by atoms with Gasteiger partial charge in [0.2, 0.25) is 0 Å². The van der Waals surface area contributed by atoms with Crippen LogP contribution in [0.15, 0.2) is 15.9 Å². The number of carbonyl (C=O) groups excluding carboxylic acids is 2. The molecule has 0 spiro atoms. The molecule has 0 unspecified atom stereocenters. The Kier molecular flexibility index (Phi) is 5.70. The van der Waals surface area contributed by atoms with E-state index in [2.05, 4.69) is 33.5 Å². The highest BCUT2D eigenvalue weighted by Gasteiger charge is 2.18. The summed E-state index contributed by atoms with van der Waals surface area (Å²) in [5.74, 6) is -1.32. The summed E-state index contributed by atoms with van der Waals surface area (Å²) in [5, 5.41) is 4.27. The van der Waals surface area contributed by atoms with Crippen LogP contribution in [0.2, 0.25) is 0 Å².